The highest BCUT2D eigenvalue weighted by Crippen LogP contribution is 2.36. The predicted octanol–water partition coefficient (Wildman–Crippen LogP) is 4.49. The van der Waals surface area contributed by atoms with Crippen LogP contribution in [0, 0.1) is 0 Å². The Bertz CT molecular complexity index is 659. The van der Waals surface area contributed by atoms with Crippen molar-refractivity contribution in [2.24, 2.45) is 5.73 Å². The van der Waals surface area contributed by atoms with Crippen molar-refractivity contribution in [1.29, 1.82) is 0 Å². The van der Waals surface area contributed by atoms with E-state index in [2.05, 4.69) is 0 Å². The number of ether oxygens (including phenoxy) is 2. The molecule has 0 aliphatic heterocycles. The normalized spacial score (nSPS) is 12.8. The number of hydrogen-bond acceptors (Lipinski definition) is 3. The summed E-state index contributed by atoms with van der Waals surface area (Å²) in [7, 11) is 1.35. The third kappa shape index (κ3) is 4.53. The minimum atomic E-state index is -4.52. The van der Waals surface area contributed by atoms with E-state index in [1.165, 1.54) is 25.3 Å². The molecule has 0 fully saturated rings. The summed E-state index contributed by atoms with van der Waals surface area (Å²) in [6.07, 6.45) is -4.52. The third-order valence-corrected chi connectivity index (χ3v) is 3.46. The third-order valence-electron chi connectivity index (χ3n) is 3.21. The minimum absolute atomic E-state index is 0.0896. The van der Waals surface area contributed by atoms with Crippen LogP contribution in [0.5, 0.6) is 11.5 Å². The highest BCUT2D eigenvalue weighted by atomic mass is 35.5. The van der Waals surface area contributed by atoms with Crippen molar-refractivity contribution in [3.05, 3.63) is 58.6 Å². The highest BCUT2D eigenvalue weighted by molar-refractivity contribution is 6.30. The van der Waals surface area contributed by atoms with Crippen LogP contribution in [0.25, 0.3) is 0 Å². The van der Waals surface area contributed by atoms with E-state index in [4.69, 9.17) is 26.8 Å². The average Bonchev–Trinajstić information content (AvgIpc) is 2.52. The van der Waals surface area contributed by atoms with Gasteiger partial charge in [0.1, 0.15) is 12.6 Å². The van der Waals surface area contributed by atoms with Crippen molar-refractivity contribution in [2.45, 2.75) is 18.8 Å². The van der Waals surface area contributed by atoms with E-state index in [0.29, 0.717) is 10.8 Å². The van der Waals surface area contributed by atoms with Gasteiger partial charge in [-0.15, -0.1) is 0 Å². The Morgan fingerprint density at radius 1 is 1.09 bits per heavy atom. The lowest BCUT2D eigenvalue weighted by molar-refractivity contribution is -0.149. The van der Waals surface area contributed by atoms with E-state index in [1.54, 1.807) is 24.3 Å². The minimum Gasteiger partial charge on any atom is -0.493 e. The average molecular weight is 346 g/mol. The van der Waals surface area contributed by atoms with Gasteiger partial charge >= 0.3 is 6.18 Å². The molecule has 0 saturated carbocycles. The van der Waals surface area contributed by atoms with Gasteiger partial charge in [0.2, 0.25) is 0 Å². The summed E-state index contributed by atoms with van der Waals surface area (Å²) in [5.41, 5.74) is 5.97. The Hall–Kier alpha value is -1.92. The van der Waals surface area contributed by atoms with Crippen LogP contribution in [0.2, 0.25) is 5.02 Å². The van der Waals surface area contributed by atoms with Gasteiger partial charge in [-0.2, -0.15) is 13.2 Å². The maximum atomic E-state index is 12.7. The van der Waals surface area contributed by atoms with Gasteiger partial charge in [-0.25, -0.2) is 0 Å². The quantitative estimate of drug-likeness (QED) is 0.868. The largest absolute Gasteiger partial charge is 0.493 e. The molecule has 0 aliphatic carbocycles. The van der Waals surface area contributed by atoms with Gasteiger partial charge in [-0.3, -0.25) is 0 Å². The van der Waals surface area contributed by atoms with Gasteiger partial charge in [0.05, 0.1) is 7.11 Å². The number of rotatable bonds is 5. The zero-order valence-corrected chi connectivity index (χ0v) is 13.0. The molecule has 0 radical (unpaired) electrons. The molecule has 0 unspecified atom stereocenters. The molecule has 0 heterocycles. The fourth-order valence-corrected chi connectivity index (χ4v) is 2.05. The number of nitrogens with two attached hydrogens (primary N) is 1. The molecule has 2 rings (SSSR count). The van der Waals surface area contributed by atoms with Crippen LogP contribution in [0.15, 0.2) is 42.5 Å². The van der Waals surface area contributed by atoms with Crippen molar-refractivity contribution in [3.8, 4) is 11.5 Å². The first-order valence-electron chi connectivity index (χ1n) is 6.68. The van der Waals surface area contributed by atoms with Crippen LogP contribution in [0.3, 0.4) is 0 Å². The molecule has 124 valence electrons. The van der Waals surface area contributed by atoms with Crippen LogP contribution in [-0.2, 0) is 6.61 Å². The van der Waals surface area contributed by atoms with Crippen molar-refractivity contribution < 1.29 is 22.6 Å². The van der Waals surface area contributed by atoms with E-state index in [9.17, 15) is 13.2 Å². The lowest BCUT2D eigenvalue weighted by atomic mass is 10.1. The van der Waals surface area contributed by atoms with E-state index in [0.717, 1.165) is 5.56 Å². The summed E-state index contributed by atoms with van der Waals surface area (Å²) in [6.45, 7) is 0.234. The fraction of sp³-hybridized carbons (Fsp3) is 0.250. The Labute approximate surface area is 136 Å². The molecule has 2 aromatic rings. The number of hydrogen-bond donors (Lipinski definition) is 1. The number of alkyl halides is 3. The van der Waals surface area contributed by atoms with Gasteiger partial charge in [-0.05, 0) is 35.4 Å². The van der Waals surface area contributed by atoms with Gasteiger partial charge < -0.3 is 15.2 Å². The molecule has 0 saturated heterocycles. The van der Waals surface area contributed by atoms with Crippen LogP contribution in [0.4, 0.5) is 13.2 Å². The first-order chi connectivity index (χ1) is 10.8. The van der Waals surface area contributed by atoms with E-state index in [-0.39, 0.29) is 17.9 Å². The van der Waals surface area contributed by atoms with Crippen molar-refractivity contribution in [2.75, 3.05) is 7.11 Å². The molecule has 1 atom stereocenters. The number of benzene rings is 2. The van der Waals surface area contributed by atoms with Crippen LogP contribution in [-0.4, -0.2) is 13.3 Å². The molecular weight excluding hydrogens is 331 g/mol. The molecule has 0 bridgehead atoms. The second-order valence-electron chi connectivity index (χ2n) is 4.84. The molecule has 0 aromatic heterocycles. The zero-order valence-electron chi connectivity index (χ0n) is 12.2. The van der Waals surface area contributed by atoms with Crippen molar-refractivity contribution in [3.63, 3.8) is 0 Å². The molecule has 2 aromatic carbocycles. The van der Waals surface area contributed by atoms with Gasteiger partial charge in [0, 0.05) is 5.02 Å². The topological polar surface area (TPSA) is 44.5 Å². The summed E-state index contributed by atoms with van der Waals surface area (Å²) < 4.78 is 48.7. The van der Waals surface area contributed by atoms with Gasteiger partial charge in [0.15, 0.2) is 11.5 Å². The first-order valence-corrected chi connectivity index (χ1v) is 7.06. The fourth-order valence-electron chi connectivity index (χ4n) is 1.93. The molecule has 3 nitrogen and oxygen atoms in total. The Morgan fingerprint density at radius 3 is 2.30 bits per heavy atom. The van der Waals surface area contributed by atoms with Crippen molar-refractivity contribution >= 4 is 11.6 Å². The van der Waals surface area contributed by atoms with Crippen LogP contribution >= 0.6 is 11.6 Å². The van der Waals surface area contributed by atoms with Gasteiger partial charge in [-0.1, -0.05) is 29.8 Å². The second-order valence-corrected chi connectivity index (χ2v) is 5.28. The van der Waals surface area contributed by atoms with E-state index < -0.39 is 12.2 Å². The Kier molecular flexibility index (Phi) is 5.38. The summed E-state index contributed by atoms with van der Waals surface area (Å²) in [4.78, 5) is 0. The molecule has 0 spiro atoms. The molecular formula is C16H15ClF3NO2. The standard InChI is InChI=1S/C16H15ClF3NO2/c1-22-14-8-11(15(21)16(18,19)20)4-7-13(14)23-9-10-2-5-12(17)6-3-10/h2-8,15H,9,21H2,1H3/t15-/m1/s1. The molecule has 2 N–H and O–H groups in total. The summed E-state index contributed by atoms with van der Waals surface area (Å²) >= 11 is 5.80. The summed E-state index contributed by atoms with van der Waals surface area (Å²) in [5.74, 6) is 0.525. The smallest absolute Gasteiger partial charge is 0.407 e. The molecule has 7 heteroatoms. The second kappa shape index (κ2) is 7.10. The van der Waals surface area contributed by atoms with Gasteiger partial charge in [0.25, 0.3) is 0 Å². The molecule has 23 heavy (non-hydrogen) atoms. The van der Waals surface area contributed by atoms with Crippen molar-refractivity contribution in [1.82, 2.24) is 0 Å². The maximum absolute atomic E-state index is 12.7. The monoisotopic (exact) mass is 345 g/mol. The highest BCUT2D eigenvalue weighted by Gasteiger charge is 2.38. The lowest BCUT2D eigenvalue weighted by Gasteiger charge is -2.18. The van der Waals surface area contributed by atoms with Crippen LogP contribution in [0.1, 0.15) is 17.2 Å². The maximum Gasteiger partial charge on any atom is 0.407 e. The molecule has 0 aliphatic rings. The van der Waals surface area contributed by atoms with Crippen LogP contribution < -0.4 is 15.2 Å². The van der Waals surface area contributed by atoms with E-state index in [1.807, 2.05) is 0 Å². The first kappa shape index (κ1) is 17.4. The Balaban J connectivity index is 2.15. The molecule has 0 amide bonds. The Morgan fingerprint density at radius 2 is 1.74 bits per heavy atom. The SMILES string of the molecule is COc1cc([C@@H](N)C(F)(F)F)ccc1OCc1ccc(Cl)cc1. The lowest BCUT2D eigenvalue weighted by Crippen LogP contribution is -2.28. The zero-order chi connectivity index (χ0) is 17.0. The van der Waals surface area contributed by atoms with E-state index >= 15 is 0 Å². The summed E-state index contributed by atoms with van der Waals surface area (Å²) in [6, 6.07) is 8.89. The predicted molar refractivity (Wildman–Crippen MR) is 81.8 cm³/mol. The number of methoxy groups -OCH3 is 1. The summed E-state index contributed by atoms with van der Waals surface area (Å²) in [5, 5.41) is 0.608. The number of halogens is 4.